The minimum absolute atomic E-state index is 0.0780. The van der Waals surface area contributed by atoms with Gasteiger partial charge in [0.1, 0.15) is 0 Å². The van der Waals surface area contributed by atoms with Crippen molar-refractivity contribution in [2.24, 2.45) is 16.7 Å². The van der Waals surface area contributed by atoms with Crippen LogP contribution in [0.1, 0.15) is 92.6 Å². The van der Waals surface area contributed by atoms with Crippen molar-refractivity contribution in [3.8, 4) is 0 Å². The second kappa shape index (κ2) is 7.99. The number of allylic oxidation sites excluding steroid dienone is 4. The lowest BCUT2D eigenvalue weighted by molar-refractivity contribution is 0.0786. The van der Waals surface area contributed by atoms with Gasteiger partial charge in [0.15, 0.2) is 11.6 Å². The lowest BCUT2D eigenvalue weighted by Crippen LogP contribution is -2.34. The average molecular weight is 427 g/mol. The van der Waals surface area contributed by atoms with Gasteiger partial charge in [-0.3, -0.25) is 9.59 Å². The number of rotatable bonds is 4. The third-order valence-electron chi connectivity index (χ3n) is 8.03. The monoisotopic (exact) mass is 426 g/mol. The van der Waals surface area contributed by atoms with Gasteiger partial charge in [0.05, 0.1) is 0 Å². The molecule has 1 atom stereocenters. The third-order valence-corrected chi connectivity index (χ3v) is 8.03. The number of hydrogen-bond acceptors (Lipinski definition) is 2. The molecule has 2 aromatic carbocycles. The topological polar surface area (TPSA) is 34.1 Å². The SMILES string of the molecule is CCC(C)(C)C1=C/C(=C2/CC(C(C)(C)CC)C(=O)c3ccccc32)c2ccccc2C1=O. The number of Topliss-reactive ketones (excluding diaryl/α,β-unsaturated/α-hetero) is 2. The molecule has 0 saturated heterocycles. The van der Waals surface area contributed by atoms with Crippen molar-refractivity contribution >= 4 is 22.7 Å². The minimum Gasteiger partial charge on any atom is -0.294 e. The zero-order chi connectivity index (χ0) is 23.3. The molecular formula is C30H34O2. The van der Waals surface area contributed by atoms with Gasteiger partial charge in [-0.15, -0.1) is 0 Å². The molecule has 0 aliphatic heterocycles. The van der Waals surface area contributed by atoms with Crippen LogP contribution in [0, 0.1) is 16.7 Å². The van der Waals surface area contributed by atoms with Gasteiger partial charge >= 0.3 is 0 Å². The molecule has 166 valence electrons. The highest BCUT2D eigenvalue weighted by molar-refractivity contribution is 6.20. The van der Waals surface area contributed by atoms with E-state index in [1.165, 1.54) is 5.57 Å². The lowest BCUT2D eigenvalue weighted by Gasteiger charge is -2.38. The highest BCUT2D eigenvalue weighted by Crippen LogP contribution is 2.49. The summed E-state index contributed by atoms with van der Waals surface area (Å²) in [5.74, 6) is 0.295. The zero-order valence-corrected chi connectivity index (χ0v) is 20.2. The fourth-order valence-corrected chi connectivity index (χ4v) is 4.98. The van der Waals surface area contributed by atoms with E-state index in [2.05, 4.69) is 59.8 Å². The Balaban J connectivity index is 2.06. The minimum atomic E-state index is -0.220. The fourth-order valence-electron chi connectivity index (χ4n) is 4.98. The molecule has 0 aromatic heterocycles. The molecule has 0 N–H and O–H groups in total. The highest BCUT2D eigenvalue weighted by Gasteiger charge is 2.41. The molecule has 1 unspecified atom stereocenters. The predicted molar refractivity (Wildman–Crippen MR) is 133 cm³/mol. The predicted octanol–water partition coefficient (Wildman–Crippen LogP) is 7.80. The first kappa shape index (κ1) is 22.5. The molecule has 2 aliphatic carbocycles. The summed E-state index contributed by atoms with van der Waals surface area (Å²) < 4.78 is 0. The first-order chi connectivity index (χ1) is 15.1. The summed E-state index contributed by atoms with van der Waals surface area (Å²) in [6.07, 6.45) is 4.65. The Bertz CT molecular complexity index is 1160. The maximum Gasteiger partial charge on any atom is 0.190 e. The van der Waals surface area contributed by atoms with E-state index in [0.29, 0.717) is 6.42 Å². The van der Waals surface area contributed by atoms with Crippen molar-refractivity contribution in [2.75, 3.05) is 0 Å². The van der Waals surface area contributed by atoms with Gasteiger partial charge in [0, 0.05) is 22.6 Å². The van der Waals surface area contributed by atoms with Crippen LogP contribution >= 0.6 is 0 Å². The fraction of sp³-hybridized carbons (Fsp3) is 0.400. The molecule has 2 aromatic rings. The number of fused-ring (bicyclic) bond motifs is 2. The van der Waals surface area contributed by atoms with Gasteiger partial charge in [-0.1, -0.05) is 96.5 Å². The van der Waals surface area contributed by atoms with Gasteiger partial charge in [-0.2, -0.15) is 0 Å². The lowest BCUT2D eigenvalue weighted by atomic mass is 9.64. The molecular weight excluding hydrogens is 392 g/mol. The molecule has 2 nitrogen and oxygen atoms in total. The van der Waals surface area contributed by atoms with E-state index in [0.717, 1.165) is 46.2 Å². The van der Waals surface area contributed by atoms with E-state index in [-0.39, 0.29) is 28.3 Å². The summed E-state index contributed by atoms with van der Waals surface area (Å²) in [5.41, 5.74) is 6.43. The molecule has 0 fully saturated rings. The first-order valence-electron chi connectivity index (χ1n) is 11.9. The van der Waals surface area contributed by atoms with E-state index < -0.39 is 0 Å². The molecule has 0 saturated carbocycles. The maximum atomic E-state index is 13.5. The summed E-state index contributed by atoms with van der Waals surface area (Å²) in [6.45, 7) is 13.0. The Morgan fingerprint density at radius 2 is 1.34 bits per heavy atom. The van der Waals surface area contributed by atoms with Crippen LogP contribution in [0.2, 0.25) is 0 Å². The largest absolute Gasteiger partial charge is 0.294 e. The van der Waals surface area contributed by atoms with Crippen LogP contribution in [0.5, 0.6) is 0 Å². The van der Waals surface area contributed by atoms with E-state index in [1.54, 1.807) is 0 Å². The standard InChI is InChI=1S/C30H34O2/c1-7-29(3,4)25-17-23(19-13-9-11-15-21(19)27(25)31)24-18-26(30(5,6)8-2)28(32)22-16-12-10-14-20(22)24/h9-17,26H,7-8,18H2,1-6H3/b24-23+. The van der Waals surface area contributed by atoms with Crippen LogP contribution in [0.3, 0.4) is 0 Å². The maximum absolute atomic E-state index is 13.5. The number of benzene rings is 2. The summed E-state index contributed by atoms with van der Waals surface area (Å²) >= 11 is 0. The van der Waals surface area contributed by atoms with E-state index in [9.17, 15) is 9.59 Å². The van der Waals surface area contributed by atoms with Crippen molar-refractivity contribution < 1.29 is 9.59 Å². The van der Waals surface area contributed by atoms with Gasteiger partial charge in [-0.05, 0) is 52.0 Å². The molecule has 0 spiro atoms. The Labute approximate surface area is 192 Å². The van der Waals surface area contributed by atoms with Crippen LogP contribution < -0.4 is 0 Å². The number of carbonyl (C=O) groups is 2. The van der Waals surface area contributed by atoms with Crippen LogP contribution in [0.15, 0.2) is 60.2 Å². The molecule has 0 radical (unpaired) electrons. The Kier molecular flexibility index (Phi) is 5.61. The van der Waals surface area contributed by atoms with Gasteiger partial charge in [-0.25, -0.2) is 0 Å². The van der Waals surface area contributed by atoms with E-state index in [1.807, 2.05) is 36.4 Å². The van der Waals surface area contributed by atoms with Gasteiger partial charge < -0.3 is 0 Å². The summed E-state index contributed by atoms with van der Waals surface area (Å²) in [7, 11) is 0. The van der Waals surface area contributed by atoms with Crippen molar-refractivity contribution in [1.82, 2.24) is 0 Å². The Morgan fingerprint density at radius 1 is 0.781 bits per heavy atom. The molecule has 2 aliphatic rings. The molecule has 0 amide bonds. The first-order valence-corrected chi connectivity index (χ1v) is 11.9. The average Bonchev–Trinajstić information content (AvgIpc) is 2.80. The number of ketones is 2. The molecule has 4 rings (SSSR count). The van der Waals surface area contributed by atoms with Gasteiger partial charge in [0.2, 0.25) is 0 Å². The van der Waals surface area contributed by atoms with Gasteiger partial charge in [0.25, 0.3) is 0 Å². The smallest absolute Gasteiger partial charge is 0.190 e. The molecule has 2 heteroatoms. The quantitative estimate of drug-likeness (QED) is 0.500. The third kappa shape index (κ3) is 3.50. The number of carbonyl (C=O) groups excluding carboxylic acids is 2. The van der Waals surface area contributed by atoms with Crippen LogP contribution in [0.4, 0.5) is 0 Å². The second-order valence-electron chi connectivity index (χ2n) is 10.6. The second-order valence-corrected chi connectivity index (χ2v) is 10.6. The van der Waals surface area contributed by atoms with Crippen molar-refractivity contribution in [3.05, 3.63) is 82.4 Å². The van der Waals surface area contributed by atoms with E-state index >= 15 is 0 Å². The van der Waals surface area contributed by atoms with Crippen molar-refractivity contribution in [1.29, 1.82) is 0 Å². The summed E-state index contributed by atoms with van der Waals surface area (Å²) in [6, 6.07) is 16.0. The Morgan fingerprint density at radius 3 is 1.94 bits per heavy atom. The normalized spacial score (nSPS) is 21.2. The van der Waals surface area contributed by atoms with Crippen LogP contribution in [0.25, 0.3) is 11.1 Å². The van der Waals surface area contributed by atoms with Crippen LogP contribution in [-0.4, -0.2) is 11.6 Å². The molecule has 0 heterocycles. The summed E-state index contributed by atoms with van der Waals surface area (Å²) in [5, 5.41) is 0. The summed E-state index contributed by atoms with van der Waals surface area (Å²) in [4.78, 5) is 27.0. The molecule has 0 bridgehead atoms. The zero-order valence-electron chi connectivity index (χ0n) is 20.2. The molecule has 32 heavy (non-hydrogen) atoms. The highest BCUT2D eigenvalue weighted by atomic mass is 16.1. The van der Waals surface area contributed by atoms with Crippen LogP contribution in [-0.2, 0) is 0 Å². The number of hydrogen-bond donors (Lipinski definition) is 0. The van der Waals surface area contributed by atoms with E-state index in [4.69, 9.17) is 0 Å². The van der Waals surface area contributed by atoms with Crippen molar-refractivity contribution in [2.45, 2.75) is 60.8 Å². The Hall–Kier alpha value is -2.74. The van der Waals surface area contributed by atoms with Crippen molar-refractivity contribution in [3.63, 3.8) is 0 Å².